The van der Waals surface area contributed by atoms with E-state index in [1.165, 1.54) is 38.2 Å². The Morgan fingerprint density at radius 3 is 2.80 bits per heavy atom. The Labute approximate surface area is 125 Å². The highest BCUT2D eigenvalue weighted by atomic mass is 35.5. The molecule has 1 aliphatic carbocycles. The van der Waals surface area contributed by atoms with E-state index in [4.69, 9.17) is 11.6 Å². The molecule has 0 spiro atoms. The fourth-order valence-electron chi connectivity index (χ4n) is 3.03. The quantitative estimate of drug-likeness (QED) is 0.893. The van der Waals surface area contributed by atoms with Gasteiger partial charge in [-0.25, -0.2) is 4.39 Å². The molecule has 1 heterocycles. The zero-order chi connectivity index (χ0) is 13.9. The lowest BCUT2D eigenvalue weighted by Gasteiger charge is -2.31. The maximum absolute atomic E-state index is 13.5. The Hall–Kier alpha value is -0.640. The van der Waals surface area contributed by atoms with Crippen molar-refractivity contribution in [1.29, 1.82) is 0 Å². The summed E-state index contributed by atoms with van der Waals surface area (Å²) in [5, 5.41) is 3.88. The van der Waals surface area contributed by atoms with Crippen LogP contribution < -0.4 is 5.32 Å². The first-order valence-corrected chi connectivity index (χ1v) is 8.02. The van der Waals surface area contributed by atoms with Gasteiger partial charge >= 0.3 is 0 Å². The molecular formula is C16H22ClFN2. The van der Waals surface area contributed by atoms with E-state index < -0.39 is 0 Å². The molecule has 4 heteroatoms. The van der Waals surface area contributed by atoms with Crippen molar-refractivity contribution in [2.45, 2.75) is 50.7 Å². The van der Waals surface area contributed by atoms with E-state index in [0.29, 0.717) is 12.1 Å². The van der Waals surface area contributed by atoms with Crippen molar-refractivity contribution in [1.82, 2.24) is 10.2 Å². The smallest absolute Gasteiger partial charge is 0.142 e. The van der Waals surface area contributed by atoms with Crippen molar-refractivity contribution >= 4 is 11.6 Å². The topological polar surface area (TPSA) is 15.3 Å². The lowest BCUT2D eigenvalue weighted by molar-refractivity contribution is 0.208. The van der Waals surface area contributed by atoms with Gasteiger partial charge in [-0.1, -0.05) is 30.2 Å². The fraction of sp³-hybridized carbons (Fsp3) is 0.625. The maximum atomic E-state index is 13.5. The molecule has 2 nitrogen and oxygen atoms in total. The summed E-state index contributed by atoms with van der Waals surface area (Å²) in [7, 11) is 0. The van der Waals surface area contributed by atoms with Gasteiger partial charge in [0.15, 0.2) is 0 Å². The van der Waals surface area contributed by atoms with Crippen molar-refractivity contribution < 1.29 is 4.39 Å². The van der Waals surface area contributed by atoms with Crippen LogP contribution in [0.25, 0.3) is 0 Å². The second-order valence-corrected chi connectivity index (χ2v) is 6.40. The van der Waals surface area contributed by atoms with E-state index >= 15 is 0 Å². The lowest BCUT2D eigenvalue weighted by atomic mass is 10.0. The molecule has 2 fully saturated rings. The molecule has 1 aliphatic heterocycles. The number of benzene rings is 1. The normalized spacial score (nSPS) is 23.2. The molecule has 2 aliphatic rings. The van der Waals surface area contributed by atoms with E-state index in [-0.39, 0.29) is 10.8 Å². The molecule has 1 atom stereocenters. The van der Waals surface area contributed by atoms with Gasteiger partial charge in [0.05, 0.1) is 5.02 Å². The van der Waals surface area contributed by atoms with Crippen LogP contribution in [0.3, 0.4) is 0 Å². The SMILES string of the molecule is Fc1cccc(CN(CC2CCCCN2)C2CC2)c1Cl. The highest BCUT2D eigenvalue weighted by Crippen LogP contribution is 2.31. The van der Waals surface area contributed by atoms with Crippen molar-refractivity contribution in [3.05, 3.63) is 34.6 Å². The van der Waals surface area contributed by atoms with Gasteiger partial charge in [-0.05, 0) is 43.9 Å². The molecule has 0 aromatic heterocycles. The first-order valence-electron chi connectivity index (χ1n) is 7.64. The summed E-state index contributed by atoms with van der Waals surface area (Å²) in [6.45, 7) is 2.95. The molecule has 3 rings (SSSR count). The second-order valence-electron chi connectivity index (χ2n) is 6.02. The van der Waals surface area contributed by atoms with Crippen LogP contribution in [0, 0.1) is 5.82 Å². The summed E-state index contributed by atoms with van der Waals surface area (Å²) in [6.07, 6.45) is 6.38. The van der Waals surface area contributed by atoms with Crippen molar-refractivity contribution in [3.63, 3.8) is 0 Å². The zero-order valence-electron chi connectivity index (χ0n) is 11.7. The predicted molar refractivity (Wildman–Crippen MR) is 80.5 cm³/mol. The van der Waals surface area contributed by atoms with Crippen LogP contribution in [0.4, 0.5) is 4.39 Å². The largest absolute Gasteiger partial charge is 0.313 e. The minimum atomic E-state index is -0.310. The summed E-state index contributed by atoms with van der Waals surface area (Å²) < 4.78 is 13.5. The molecular weight excluding hydrogens is 275 g/mol. The Morgan fingerprint density at radius 1 is 1.25 bits per heavy atom. The Kier molecular flexibility index (Phi) is 4.59. The zero-order valence-corrected chi connectivity index (χ0v) is 12.5. The molecule has 1 saturated heterocycles. The third kappa shape index (κ3) is 3.51. The average molecular weight is 297 g/mol. The molecule has 1 saturated carbocycles. The number of halogens is 2. The van der Waals surface area contributed by atoms with Gasteiger partial charge in [0.25, 0.3) is 0 Å². The molecule has 1 unspecified atom stereocenters. The number of nitrogens with one attached hydrogen (secondary N) is 1. The molecule has 110 valence electrons. The third-order valence-corrected chi connectivity index (χ3v) is 4.76. The minimum Gasteiger partial charge on any atom is -0.313 e. The van der Waals surface area contributed by atoms with Gasteiger partial charge in [-0.15, -0.1) is 0 Å². The summed E-state index contributed by atoms with van der Waals surface area (Å²) >= 11 is 6.09. The molecule has 20 heavy (non-hydrogen) atoms. The standard InChI is InChI=1S/C16H22ClFN2/c17-16-12(4-3-6-15(16)18)10-20(14-7-8-14)11-13-5-1-2-9-19-13/h3-4,6,13-14,19H,1-2,5,7-11H2. The van der Waals surface area contributed by atoms with Crippen LogP contribution >= 0.6 is 11.6 Å². The van der Waals surface area contributed by atoms with Crippen LogP contribution in [0.1, 0.15) is 37.7 Å². The molecule has 0 radical (unpaired) electrons. The fourth-order valence-corrected chi connectivity index (χ4v) is 3.22. The van der Waals surface area contributed by atoms with Crippen LogP contribution in [-0.2, 0) is 6.54 Å². The lowest BCUT2D eigenvalue weighted by Crippen LogP contribution is -2.44. The summed E-state index contributed by atoms with van der Waals surface area (Å²) in [6, 6.07) is 6.36. The molecule has 1 N–H and O–H groups in total. The summed E-state index contributed by atoms with van der Waals surface area (Å²) in [5.41, 5.74) is 0.911. The minimum absolute atomic E-state index is 0.287. The number of hydrogen-bond acceptors (Lipinski definition) is 2. The average Bonchev–Trinajstić information content (AvgIpc) is 3.29. The van der Waals surface area contributed by atoms with E-state index in [2.05, 4.69) is 10.2 Å². The Bertz CT molecular complexity index is 456. The molecule has 0 bridgehead atoms. The number of piperidine rings is 1. The highest BCUT2D eigenvalue weighted by Gasteiger charge is 2.31. The first kappa shape index (κ1) is 14.3. The Morgan fingerprint density at radius 2 is 2.10 bits per heavy atom. The van der Waals surface area contributed by atoms with Crippen molar-refractivity contribution in [2.24, 2.45) is 0 Å². The van der Waals surface area contributed by atoms with Crippen LogP contribution in [0.2, 0.25) is 5.02 Å². The molecule has 1 aromatic carbocycles. The number of hydrogen-bond donors (Lipinski definition) is 1. The molecule has 0 amide bonds. The Balaban J connectivity index is 1.66. The van der Waals surface area contributed by atoms with E-state index in [9.17, 15) is 4.39 Å². The second kappa shape index (κ2) is 6.42. The van der Waals surface area contributed by atoms with Crippen LogP contribution in [0.5, 0.6) is 0 Å². The van der Waals surface area contributed by atoms with Gasteiger partial charge in [-0.2, -0.15) is 0 Å². The van der Waals surface area contributed by atoms with Gasteiger partial charge in [-0.3, -0.25) is 4.90 Å². The van der Waals surface area contributed by atoms with Crippen LogP contribution in [-0.4, -0.2) is 30.1 Å². The number of rotatable bonds is 5. The van der Waals surface area contributed by atoms with E-state index in [1.807, 2.05) is 6.07 Å². The number of nitrogens with zero attached hydrogens (tertiary/aromatic N) is 1. The van der Waals surface area contributed by atoms with Crippen molar-refractivity contribution in [3.8, 4) is 0 Å². The van der Waals surface area contributed by atoms with Gasteiger partial charge in [0.2, 0.25) is 0 Å². The molecule has 1 aromatic rings. The summed E-state index contributed by atoms with van der Waals surface area (Å²) in [4.78, 5) is 2.48. The summed E-state index contributed by atoms with van der Waals surface area (Å²) in [5.74, 6) is -0.310. The van der Waals surface area contributed by atoms with Gasteiger partial charge in [0, 0.05) is 25.2 Å². The van der Waals surface area contributed by atoms with E-state index in [1.54, 1.807) is 6.07 Å². The first-order chi connectivity index (χ1) is 9.74. The maximum Gasteiger partial charge on any atom is 0.142 e. The van der Waals surface area contributed by atoms with Gasteiger partial charge < -0.3 is 5.32 Å². The van der Waals surface area contributed by atoms with Crippen molar-refractivity contribution in [2.75, 3.05) is 13.1 Å². The monoisotopic (exact) mass is 296 g/mol. The third-order valence-electron chi connectivity index (χ3n) is 4.34. The highest BCUT2D eigenvalue weighted by molar-refractivity contribution is 6.31. The van der Waals surface area contributed by atoms with Crippen LogP contribution in [0.15, 0.2) is 18.2 Å². The predicted octanol–water partition coefficient (Wildman–Crippen LogP) is 3.59. The van der Waals surface area contributed by atoms with Gasteiger partial charge in [0.1, 0.15) is 5.82 Å². The van der Waals surface area contributed by atoms with E-state index in [0.717, 1.165) is 25.2 Å².